The van der Waals surface area contributed by atoms with Crippen molar-refractivity contribution in [2.24, 2.45) is 0 Å². The number of nitrogens with one attached hydrogen (secondary N) is 1. The quantitative estimate of drug-likeness (QED) is 0.769. The normalized spacial score (nSPS) is 11.1. The van der Waals surface area contributed by atoms with Gasteiger partial charge in [0.15, 0.2) is 5.58 Å². The minimum atomic E-state index is -0.101. The third-order valence-corrected chi connectivity index (χ3v) is 3.51. The lowest BCUT2D eigenvalue weighted by Crippen LogP contribution is -2.05. The van der Waals surface area contributed by atoms with Crippen LogP contribution in [-0.2, 0) is 4.79 Å². The number of amides is 1. The largest absolute Gasteiger partial charge is 0.436 e. The van der Waals surface area contributed by atoms with Gasteiger partial charge in [-0.1, -0.05) is 26.0 Å². The summed E-state index contributed by atoms with van der Waals surface area (Å²) in [5.41, 5.74) is 4.43. The highest BCUT2D eigenvalue weighted by Crippen LogP contribution is 2.28. The minimum Gasteiger partial charge on any atom is -0.436 e. The second-order valence-corrected chi connectivity index (χ2v) is 5.66. The van der Waals surface area contributed by atoms with Gasteiger partial charge in [-0.2, -0.15) is 0 Å². The first-order valence-electron chi connectivity index (χ1n) is 7.31. The van der Waals surface area contributed by atoms with Crippen LogP contribution in [0.25, 0.3) is 22.6 Å². The van der Waals surface area contributed by atoms with Crippen LogP contribution in [0.15, 0.2) is 46.9 Å². The van der Waals surface area contributed by atoms with E-state index >= 15 is 0 Å². The van der Waals surface area contributed by atoms with Crippen molar-refractivity contribution < 1.29 is 9.21 Å². The Labute approximate surface area is 129 Å². The number of aromatic nitrogens is 1. The summed E-state index contributed by atoms with van der Waals surface area (Å²) in [6.45, 7) is 5.79. The average molecular weight is 294 g/mol. The second kappa shape index (κ2) is 5.64. The number of anilines is 1. The van der Waals surface area contributed by atoms with Crippen LogP contribution in [0, 0.1) is 0 Å². The van der Waals surface area contributed by atoms with Crippen molar-refractivity contribution in [1.29, 1.82) is 0 Å². The molecule has 0 saturated heterocycles. The van der Waals surface area contributed by atoms with Crippen LogP contribution in [0.2, 0.25) is 0 Å². The first kappa shape index (κ1) is 14.3. The summed E-state index contributed by atoms with van der Waals surface area (Å²) < 4.78 is 5.82. The summed E-state index contributed by atoms with van der Waals surface area (Å²) in [5.74, 6) is 0.909. The SMILES string of the molecule is CC(=O)Nc1cccc(-c2nc3cc(C(C)C)ccc3o2)c1. The van der Waals surface area contributed by atoms with E-state index in [-0.39, 0.29) is 5.91 Å². The van der Waals surface area contributed by atoms with Crippen molar-refractivity contribution in [1.82, 2.24) is 4.98 Å². The molecule has 22 heavy (non-hydrogen) atoms. The lowest BCUT2D eigenvalue weighted by molar-refractivity contribution is -0.114. The molecule has 1 N–H and O–H groups in total. The Balaban J connectivity index is 2.01. The average Bonchev–Trinajstić information content (AvgIpc) is 2.89. The molecule has 112 valence electrons. The van der Waals surface area contributed by atoms with Crippen LogP contribution in [0.1, 0.15) is 32.3 Å². The van der Waals surface area contributed by atoms with Gasteiger partial charge in [0.05, 0.1) is 0 Å². The molecule has 1 amide bonds. The van der Waals surface area contributed by atoms with E-state index in [0.717, 1.165) is 22.4 Å². The van der Waals surface area contributed by atoms with Crippen molar-refractivity contribution >= 4 is 22.7 Å². The minimum absolute atomic E-state index is 0.101. The number of benzene rings is 2. The van der Waals surface area contributed by atoms with Gasteiger partial charge in [0.2, 0.25) is 11.8 Å². The third-order valence-electron chi connectivity index (χ3n) is 3.51. The van der Waals surface area contributed by atoms with E-state index in [9.17, 15) is 4.79 Å². The van der Waals surface area contributed by atoms with Gasteiger partial charge in [0, 0.05) is 18.2 Å². The van der Waals surface area contributed by atoms with Crippen LogP contribution in [0.5, 0.6) is 0 Å². The molecule has 0 spiro atoms. The maximum atomic E-state index is 11.2. The first-order chi connectivity index (χ1) is 10.5. The van der Waals surface area contributed by atoms with Crippen molar-refractivity contribution in [2.75, 3.05) is 5.32 Å². The molecule has 0 radical (unpaired) electrons. The fourth-order valence-corrected chi connectivity index (χ4v) is 2.36. The molecule has 3 rings (SSSR count). The van der Waals surface area contributed by atoms with E-state index in [2.05, 4.69) is 36.3 Å². The molecule has 3 aromatic rings. The molecule has 0 bridgehead atoms. The highest BCUT2D eigenvalue weighted by Gasteiger charge is 2.10. The fraction of sp³-hybridized carbons (Fsp3) is 0.222. The van der Waals surface area contributed by atoms with Gasteiger partial charge in [0.25, 0.3) is 0 Å². The summed E-state index contributed by atoms with van der Waals surface area (Å²) in [4.78, 5) is 15.7. The zero-order valence-corrected chi connectivity index (χ0v) is 12.9. The maximum absolute atomic E-state index is 11.2. The molecule has 0 atom stereocenters. The van der Waals surface area contributed by atoms with E-state index in [1.54, 1.807) is 0 Å². The number of carbonyl (C=O) groups is 1. The van der Waals surface area contributed by atoms with Crippen molar-refractivity contribution in [3.63, 3.8) is 0 Å². The Kier molecular flexibility index (Phi) is 3.67. The van der Waals surface area contributed by atoms with Gasteiger partial charge in [-0.05, 0) is 41.8 Å². The summed E-state index contributed by atoms with van der Waals surface area (Å²) in [6, 6.07) is 13.6. The molecule has 0 aliphatic carbocycles. The lowest BCUT2D eigenvalue weighted by Gasteiger charge is -2.02. The number of nitrogens with zero attached hydrogens (tertiary/aromatic N) is 1. The van der Waals surface area contributed by atoms with Crippen molar-refractivity contribution in [3.05, 3.63) is 48.0 Å². The molecular weight excluding hydrogens is 276 g/mol. The topological polar surface area (TPSA) is 55.1 Å². The van der Waals surface area contributed by atoms with E-state index in [1.165, 1.54) is 12.5 Å². The van der Waals surface area contributed by atoms with Gasteiger partial charge >= 0.3 is 0 Å². The molecule has 0 unspecified atom stereocenters. The lowest BCUT2D eigenvalue weighted by atomic mass is 10.0. The van der Waals surface area contributed by atoms with Gasteiger partial charge in [-0.3, -0.25) is 4.79 Å². The third kappa shape index (κ3) is 2.86. The predicted molar refractivity (Wildman–Crippen MR) is 87.8 cm³/mol. The standard InChI is InChI=1S/C18H18N2O2/c1-11(2)13-7-8-17-16(10-13)20-18(22-17)14-5-4-6-15(9-14)19-12(3)21/h4-11H,1-3H3,(H,19,21). The molecule has 4 nitrogen and oxygen atoms in total. The van der Waals surface area contributed by atoms with Gasteiger partial charge in [0.1, 0.15) is 5.52 Å². The van der Waals surface area contributed by atoms with Gasteiger partial charge in [-0.15, -0.1) is 0 Å². The molecule has 2 aromatic carbocycles. The number of fused-ring (bicyclic) bond motifs is 1. The highest BCUT2D eigenvalue weighted by atomic mass is 16.3. The summed E-state index contributed by atoms with van der Waals surface area (Å²) in [6.07, 6.45) is 0. The number of carbonyl (C=O) groups excluding carboxylic acids is 1. The monoisotopic (exact) mass is 294 g/mol. The summed E-state index contributed by atoms with van der Waals surface area (Å²) in [7, 11) is 0. The maximum Gasteiger partial charge on any atom is 0.227 e. The Morgan fingerprint density at radius 2 is 2.00 bits per heavy atom. The molecule has 1 heterocycles. The molecule has 0 saturated carbocycles. The van der Waals surface area contributed by atoms with Crippen molar-refractivity contribution in [3.8, 4) is 11.5 Å². The zero-order valence-electron chi connectivity index (χ0n) is 12.9. The number of hydrogen-bond donors (Lipinski definition) is 1. The molecule has 0 aliphatic heterocycles. The van der Waals surface area contributed by atoms with E-state index in [0.29, 0.717) is 11.8 Å². The summed E-state index contributed by atoms with van der Waals surface area (Å²) >= 11 is 0. The van der Waals surface area contributed by atoms with Crippen LogP contribution in [0.4, 0.5) is 5.69 Å². The van der Waals surface area contributed by atoms with Crippen molar-refractivity contribution in [2.45, 2.75) is 26.7 Å². The number of oxazole rings is 1. The molecule has 0 fully saturated rings. The smallest absolute Gasteiger partial charge is 0.227 e. The Morgan fingerprint density at radius 1 is 1.18 bits per heavy atom. The fourth-order valence-electron chi connectivity index (χ4n) is 2.36. The second-order valence-electron chi connectivity index (χ2n) is 5.66. The predicted octanol–water partition coefficient (Wildman–Crippen LogP) is 4.58. The summed E-state index contributed by atoms with van der Waals surface area (Å²) in [5, 5.41) is 2.76. The van der Waals surface area contributed by atoms with E-state index in [4.69, 9.17) is 4.42 Å². The number of rotatable bonds is 3. The van der Waals surface area contributed by atoms with Gasteiger partial charge in [-0.25, -0.2) is 4.98 Å². The molecule has 1 aromatic heterocycles. The van der Waals surface area contributed by atoms with Gasteiger partial charge < -0.3 is 9.73 Å². The Bertz CT molecular complexity index is 834. The zero-order chi connectivity index (χ0) is 15.7. The van der Waals surface area contributed by atoms with Crippen LogP contribution in [0.3, 0.4) is 0 Å². The van der Waals surface area contributed by atoms with Crippen LogP contribution >= 0.6 is 0 Å². The number of hydrogen-bond acceptors (Lipinski definition) is 3. The first-order valence-corrected chi connectivity index (χ1v) is 7.31. The molecule has 4 heteroatoms. The highest BCUT2D eigenvalue weighted by molar-refractivity contribution is 5.89. The van der Waals surface area contributed by atoms with Crippen LogP contribution < -0.4 is 5.32 Å². The molecule has 0 aliphatic rings. The van der Waals surface area contributed by atoms with E-state index < -0.39 is 0 Å². The van der Waals surface area contributed by atoms with E-state index in [1.807, 2.05) is 30.3 Å². The Hall–Kier alpha value is -2.62. The Morgan fingerprint density at radius 3 is 2.73 bits per heavy atom. The molecular formula is C18H18N2O2. The van der Waals surface area contributed by atoms with Crippen LogP contribution in [-0.4, -0.2) is 10.9 Å².